The predicted molar refractivity (Wildman–Crippen MR) is 124 cm³/mol. The fourth-order valence-corrected chi connectivity index (χ4v) is 5.62. The lowest BCUT2D eigenvalue weighted by molar-refractivity contribution is 0.374. The molecule has 0 bridgehead atoms. The number of aliphatic imine (C=N–C) groups is 1. The van der Waals surface area contributed by atoms with Gasteiger partial charge in [-0.3, -0.25) is 4.99 Å². The first kappa shape index (κ1) is 22.4. The Bertz CT molecular complexity index is 801. The van der Waals surface area contributed by atoms with E-state index in [-0.39, 0.29) is 24.0 Å². The Labute approximate surface area is 185 Å². The summed E-state index contributed by atoms with van der Waals surface area (Å²) in [6.07, 6.45) is 0. The fraction of sp³-hybridized carbons (Fsp3) is 0.438. The summed E-state index contributed by atoms with van der Waals surface area (Å²) in [4.78, 5) is 8.91. The van der Waals surface area contributed by atoms with E-state index in [0.29, 0.717) is 17.3 Å². The zero-order chi connectivity index (χ0) is 18.4. The third-order valence-corrected chi connectivity index (χ3v) is 7.86. The van der Waals surface area contributed by atoms with Gasteiger partial charge in [0, 0.05) is 46.3 Å². The van der Waals surface area contributed by atoms with E-state index in [1.54, 1.807) is 35.9 Å². The van der Waals surface area contributed by atoms with Crippen LogP contribution in [0, 0.1) is 0 Å². The van der Waals surface area contributed by atoms with Crippen LogP contribution in [0.4, 0.5) is 5.00 Å². The molecule has 2 aromatic heterocycles. The molecule has 0 radical (unpaired) electrons. The minimum atomic E-state index is -3.41. The second-order valence-corrected chi connectivity index (χ2v) is 9.60. The number of rotatable bonds is 6. The highest BCUT2D eigenvalue weighted by molar-refractivity contribution is 14.0. The lowest BCUT2D eigenvalue weighted by atomic mass is 10.3. The van der Waals surface area contributed by atoms with Crippen LogP contribution in [0.5, 0.6) is 0 Å². The number of piperazine rings is 1. The van der Waals surface area contributed by atoms with Crippen LogP contribution in [-0.4, -0.2) is 65.6 Å². The van der Waals surface area contributed by atoms with Gasteiger partial charge in [-0.05, 0) is 29.0 Å². The van der Waals surface area contributed by atoms with Gasteiger partial charge in [-0.15, -0.1) is 46.7 Å². The summed E-state index contributed by atoms with van der Waals surface area (Å²) in [5.41, 5.74) is 0. The molecule has 0 spiro atoms. The number of guanidine groups is 1. The second-order valence-electron chi connectivity index (χ2n) is 5.73. The van der Waals surface area contributed by atoms with E-state index in [0.717, 1.165) is 32.1 Å². The Balaban J connectivity index is 0.00000261. The zero-order valence-corrected chi connectivity index (χ0v) is 19.8. The smallest absolute Gasteiger partial charge is 0.250 e. The molecule has 1 aliphatic rings. The highest BCUT2D eigenvalue weighted by atomic mass is 127. The number of hydrogen-bond donors (Lipinski definition) is 2. The van der Waals surface area contributed by atoms with Crippen LogP contribution in [-0.2, 0) is 10.0 Å². The van der Waals surface area contributed by atoms with Gasteiger partial charge in [0.05, 0.1) is 5.00 Å². The fourth-order valence-electron chi connectivity index (χ4n) is 2.77. The first-order chi connectivity index (χ1) is 12.6. The highest BCUT2D eigenvalue weighted by Gasteiger charge is 2.20. The van der Waals surface area contributed by atoms with E-state index < -0.39 is 10.0 Å². The first-order valence-corrected chi connectivity index (χ1v) is 11.6. The molecule has 2 N–H and O–H groups in total. The minimum Gasteiger partial charge on any atom is -0.360 e. The van der Waals surface area contributed by atoms with Crippen molar-refractivity contribution >= 4 is 67.6 Å². The zero-order valence-electron chi connectivity index (χ0n) is 15.0. The topological polar surface area (TPSA) is 77.0 Å². The molecular weight excluding hydrogens is 517 g/mol. The maximum atomic E-state index is 12.1. The van der Waals surface area contributed by atoms with Gasteiger partial charge >= 0.3 is 0 Å². The molecule has 3 heterocycles. The van der Waals surface area contributed by atoms with E-state index in [1.807, 2.05) is 0 Å². The van der Waals surface area contributed by atoms with Gasteiger partial charge in [-0.2, -0.15) is 0 Å². The van der Waals surface area contributed by atoms with Crippen molar-refractivity contribution in [2.75, 3.05) is 51.2 Å². The van der Waals surface area contributed by atoms with Crippen LogP contribution in [0.15, 0.2) is 44.2 Å². The number of thiophene rings is 2. The molecule has 1 saturated heterocycles. The van der Waals surface area contributed by atoms with Gasteiger partial charge in [0.15, 0.2) is 5.96 Å². The number of sulfonamides is 1. The summed E-state index contributed by atoms with van der Waals surface area (Å²) in [6.45, 7) is 4.48. The highest BCUT2D eigenvalue weighted by Crippen LogP contribution is 2.22. The molecule has 0 atom stereocenters. The Kier molecular flexibility index (Phi) is 8.79. The average molecular weight is 542 g/mol. The molecule has 11 heteroatoms. The molecule has 0 unspecified atom stereocenters. The molecular formula is C16H24IN5O2S3. The normalized spacial score (nSPS) is 15.5. The number of nitrogens with zero attached hydrogens (tertiary/aromatic N) is 3. The van der Waals surface area contributed by atoms with E-state index in [4.69, 9.17) is 0 Å². The molecule has 7 nitrogen and oxygen atoms in total. The van der Waals surface area contributed by atoms with Crippen molar-refractivity contribution in [3.8, 4) is 0 Å². The Hall–Kier alpha value is -0.890. The van der Waals surface area contributed by atoms with Gasteiger partial charge in [0.25, 0.3) is 0 Å². The van der Waals surface area contributed by atoms with E-state index in [9.17, 15) is 8.42 Å². The Morgan fingerprint density at radius 2 is 1.81 bits per heavy atom. The summed E-state index contributed by atoms with van der Waals surface area (Å²) in [6, 6.07) is 7.55. The van der Waals surface area contributed by atoms with Crippen molar-refractivity contribution in [2.24, 2.45) is 4.99 Å². The molecule has 1 fully saturated rings. The molecule has 150 valence electrons. The second kappa shape index (κ2) is 10.6. The third kappa shape index (κ3) is 6.04. The van der Waals surface area contributed by atoms with Crippen LogP contribution >= 0.6 is 46.7 Å². The summed E-state index contributed by atoms with van der Waals surface area (Å²) >= 11 is 2.97. The van der Waals surface area contributed by atoms with Crippen LogP contribution in [0.1, 0.15) is 0 Å². The largest absolute Gasteiger partial charge is 0.360 e. The van der Waals surface area contributed by atoms with Crippen LogP contribution < -0.4 is 14.9 Å². The number of hydrogen-bond acceptors (Lipinski definition) is 6. The lowest BCUT2D eigenvalue weighted by Crippen LogP contribution is -2.53. The van der Waals surface area contributed by atoms with Gasteiger partial charge in [0.1, 0.15) is 4.21 Å². The summed E-state index contributed by atoms with van der Waals surface area (Å²) in [5.74, 6) is 0.811. The molecule has 0 saturated carbocycles. The van der Waals surface area contributed by atoms with Crippen molar-refractivity contribution in [3.05, 3.63) is 35.0 Å². The molecule has 0 aromatic carbocycles. The van der Waals surface area contributed by atoms with Crippen molar-refractivity contribution < 1.29 is 8.42 Å². The summed E-state index contributed by atoms with van der Waals surface area (Å²) in [7, 11) is -1.66. The predicted octanol–water partition coefficient (Wildman–Crippen LogP) is 2.10. The quantitative estimate of drug-likeness (QED) is 0.254. The molecule has 27 heavy (non-hydrogen) atoms. The lowest BCUT2D eigenvalue weighted by Gasteiger charge is -2.37. The number of halogens is 1. The average Bonchev–Trinajstić information content (AvgIpc) is 3.36. The van der Waals surface area contributed by atoms with E-state index in [2.05, 4.69) is 42.3 Å². The monoisotopic (exact) mass is 541 g/mol. The Morgan fingerprint density at radius 1 is 1.11 bits per heavy atom. The van der Waals surface area contributed by atoms with Crippen molar-refractivity contribution in [2.45, 2.75) is 4.21 Å². The van der Waals surface area contributed by atoms with Gasteiger partial charge in [-0.25, -0.2) is 13.1 Å². The molecule has 0 aliphatic carbocycles. The third-order valence-electron chi connectivity index (χ3n) is 4.07. The number of anilines is 1. The first-order valence-electron chi connectivity index (χ1n) is 8.37. The Morgan fingerprint density at radius 3 is 2.41 bits per heavy atom. The van der Waals surface area contributed by atoms with Gasteiger partial charge < -0.3 is 15.1 Å². The minimum absolute atomic E-state index is 0. The summed E-state index contributed by atoms with van der Waals surface area (Å²) < 4.78 is 27.1. The van der Waals surface area contributed by atoms with Crippen molar-refractivity contribution in [1.82, 2.24) is 14.9 Å². The van der Waals surface area contributed by atoms with Gasteiger partial charge in [0.2, 0.25) is 10.0 Å². The van der Waals surface area contributed by atoms with E-state index >= 15 is 0 Å². The molecule has 0 amide bonds. The van der Waals surface area contributed by atoms with Crippen molar-refractivity contribution in [1.29, 1.82) is 0 Å². The van der Waals surface area contributed by atoms with Crippen LogP contribution in [0.2, 0.25) is 0 Å². The van der Waals surface area contributed by atoms with Crippen LogP contribution in [0.25, 0.3) is 0 Å². The van der Waals surface area contributed by atoms with E-state index in [1.165, 1.54) is 16.3 Å². The van der Waals surface area contributed by atoms with Crippen LogP contribution in [0.3, 0.4) is 0 Å². The SMILES string of the molecule is CN=C(NCCNS(=O)(=O)c1cccs1)N1CCN(c2cccs2)CC1.I. The molecule has 1 aliphatic heterocycles. The van der Waals surface area contributed by atoms with Crippen molar-refractivity contribution in [3.63, 3.8) is 0 Å². The van der Waals surface area contributed by atoms with Gasteiger partial charge in [-0.1, -0.05) is 6.07 Å². The number of nitrogens with one attached hydrogen (secondary N) is 2. The standard InChI is InChI=1S/C16H23N5O2S3.HI/c1-17-16(18-6-7-19-26(22,23)15-5-3-13-25-15)21-10-8-20(9-11-21)14-4-2-12-24-14;/h2-5,12-13,19H,6-11H2,1H3,(H,17,18);1H. The molecule has 2 aromatic rings. The summed E-state index contributed by atoms with van der Waals surface area (Å²) in [5, 5.41) is 8.40. The molecule has 3 rings (SSSR count). The maximum Gasteiger partial charge on any atom is 0.250 e. The maximum absolute atomic E-state index is 12.1.